The van der Waals surface area contributed by atoms with Crippen LogP contribution in [-0.4, -0.2) is 31.7 Å². The van der Waals surface area contributed by atoms with Crippen molar-refractivity contribution in [3.8, 4) is 0 Å². The predicted molar refractivity (Wildman–Crippen MR) is 62.0 cm³/mol. The highest BCUT2D eigenvalue weighted by Crippen LogP contribution is 2.10. The van der Waals surface area contributed by atoms with Gasteiger partial charge in [-0.2, -0.15) is 0 Å². The highest BCUT2D eigenvalue weighted by atomic mass is 35.5. The van der Waals surface area contributed by atoms with Crippen molar-refractivity contribution in [2.24, 2.45) is 17.6 Å². The molecule has 15 heavy (non-hydrogen) atoms. The second kappa shape index (κ2) is 7.04. The van der Waals surface area contributed by atoms with Crippen LogP contribution in [0, 0.1) is 11.8 Å². The standard InChI is InChI=1S/C10H20N2O2.ClH/c1-7(2)9(11)10(13)12-5-8-3-4-14-6-8;/h7-9H,3-6,11H2,1-2H3,(H,12,13);1H/t8?,9-;/m1./s1. The SMILES string of the molecule is CC(C)[C@@H](N)C(=O)NCC1CCOC1.Cl. The lowest BCUT2D eigenvalue weighted by molar-refractivity contribution is -0.123. The maximum Gasteiger partial charge on any atom is 0.237 e. The Labute approximate surface area is 97.3 Å². The van der Waals surface area contributed by atoms with Gasteiger partial charge < -0.3 is 15.8 Å². The lowest BCUT2D eigenvalue weighted by Gasteiger charge is -2.16. The van der Waals surface area contributed by atoms with Gasteiger partial charge in [-0.15, -0.1) is 12.4 Å². The van der Waals surface area contributed by atoms with E-state index < -0.39 is 6.04 Å². The van der Waals surface area contributed by atoms with E-state index >= 15 is 0 Å². The lowest BCUT2D eigenvalue weighted by Crippen LogP contribution is -2.45. The number of rotatable bonds is 4. The van der Waals surface area contributed by atoms with Gasteiger partial charge in [0.15, 0.2) is 0 Å². The molecule has 0 radical (unpaired) electrons. The zero-order valence-corrected chi connectivity index (χ0v) is 10.2. The molecule has 1 amide bonds. The van der Waals surface area contributed by atoms with Gasteiger partial charge in [-0.1, -0.05) is 13.8 Å². The first-order chi connectivity index (χ1) is 6.61. The summed E-state index contributed by atoms with van der Waals surface area (Å²) >= 11 is 0. The van der Waals surface area contributed by atoms with Crippen LogP contribution in [0.25, 0.3) is 0 Å². The smallest absolute Gasteiger partial charge is 0.237 e. The largest absolute Gasteiger partial charge is 0.381 e. The van der Waals surface area contributed by atoms with E-state index in [9.17, 15) is 4.79 Å². The summed E-state index contributed by atoms with van der Waals surface area (Å²) in [5.41, 5.74) is 5.70. The van der Waals surface area contributed by atoms with Crippen LogP contribution in [0.2, 0.25) is 0 Å². The summed E-state index contributed by atoms with van der Waals surface area (Å²) in [7, 11) is 0. The first-order valence-electron chi connectivity index (χ1n) is 5.22. The Balaban J connectivity index is 0.00000196. The Hall–Kier alpha value is -0.320. The van der Waals surface area contributed by atoms with E-state index in [0.717, 1.165) is 19.6 Å². The fraction of sp³-hybridized carbons (Fsp3) is 0.900. The molecule has 1 unspecified atom stereocenters. The number of hydrogen-bond acceptors (Lipinski definition) is 3. The Morgan fingerprint density at radius 1 is 1.60 bits per heavy atom. The second-order valence-corrected chi connectivity index (χ2v) is 4.24. The molecule has 2 atom stereocenters. The molecule has 1 fully saturated rings. The fourth-order valence-corrected chi connectivity index (χ4v) is 1.41. The minimum Gasteiger partial charge on any atom is -0.381 e. The molecule has 1 heterocycles. The normalized spacial score (nSPS) is 22.3. The molecule has 3 N–H and O–H groups in total. The summed E-state index contributed by atoms with van der Waals surface area (Å²) in [5.74, 6) is 0.611. The van der Waals surface area contributed by atoms with E-state index in [2.05, 4.69) is 5.32 Å². The third-order valence-corrected chi connectivity index (χ3v) is 2.61. The van der Waals surface area contributed by atoms with E-state index in [1.54, 1.807) is 0 Å². The number of amides is 1. The molecule has 4 nitrogen and oxygen atoms in total. The maximum atomic E-state index is 11.5. The molecule has 1 saturated heterocycles. The first kappa shape index (κ1) is 14.7. The van der Waals surface area contributed by atoms with Gasteiger partial charge in [-0.25, -0.2) is 0 Å². The Bertz CT molecular complexity index is 194. The van der Waals surface area contributed by atoms with Crippen molar-refractivity contribution < 1.29 is 9.53 Å². The van der Waals surface area contributed by atoms with Crippen molar-refractivity contribution in [2.75, 3.05) is 19.8 Å². The number of nitrogens with one attached hydrogen (secondary N) is 1. The van der Waals surface area contributed by atoms with Crippen LogP contribution in [0.5, 0.6) is 0 Å². The highest BCUT2D eigenvalue weighted by Gasteiger charge is 2.20. The van der Waals surface area contributed by atoms with Crippen LogP contribution in [0.3, 0.4) is 0 Å². The van der Waals surface area contributed by atoms with E-state index in [0.29, 0.717) is 12.5 Å². The number of nitrogens with two attached hydrogens (primary N) is 1. The molecule has 0 aromatic heterocycles. The number of halogens is 1. The van der Waals surface area contributed by atoms with Gasteiger partial charge in [-0.05, 0) is 12.3 Å². The molecule has 0 bridgehead atoms. The average Bonchev–Trinajstić information content (AvgIpc) is 2.65. The van der Waals surface area contributed by atoms with Gasteiger partial charge in [-0.3, -0.25) is 4.79 Å². The van der Waals surface area contributed by atoms with Crippen molar-refractivity contribution >= 4 is 18.3 Å². The van der Waals surface area contributed by atoms with Crippen LogP contribution in [0.1, 0.15) is 20.3 Å². The fourth-order valence-electron chi connectivity index (χ4n) is 1.41. The predicted octanol–water partition coefficient (Wildman–Crippen LogP) is 0.544. The second-order valence-electron chi connectivity index (χ2n) is 4.24. The number of carbonyl (C=O) groups is 1. The van der Waals surface area contributed by atoms with E-state index in [1.165, 1.54) is 0 Å². The molecular formula is C10H21ClN2O2. The van der Waals surface area contributed by atoms with Crippen LogP contribution in [0.15, 0.2) is 0 Å². The Morgan fingerprint density at radius 2 is 2.27 bits per heavy atom. The van der Waals surface area contributed by atoms with Gasteiger partial charge in [0, 0.05) is 19.1 Å². The number of hydrogen-bond donors (Lipinski definition) is 2. The average molecular weight is 237 g/mol. The van der Waals surface area contributed by atoms with Gasteiger partial charge in [0.25, 0.3) is 0 Å². The Kier molecular flexibility index (Phi) is 6.89. The van der Waals surface area contributed by atoms with E-state index in [-0.39, 0.29) is 24.2 Å². The molecule has 0 aromatic rings. The molecule has 0 aliphatic carbocycles. The summed E-state index contributed by atoms with van der Waals surface area (Å²) in [4.78, 5) is 11.5. The van der Waals surface area contributed by atoms with Gasteiger partial charge in [0.1, 0.15) is 0 Å². The molecule has 0 spiro atoms. The first-order valence-corrected chi connectivity index (χ1v) is 5.22. The number of carbonyl (C=O) groups excluding carboxylic acids is 1. The molecule has 1 rings (SSSR count). The lowest BCUT2D eigenvalue weighted by atomic mass is 10.0. The topological polar surface area (TPSA) is 64.4 Å². The summed E-state index contributed by atoms with van der Waals surface area (Å²) in [6.07, 6.45) is 1.04. The van der Waals surface area contributed by atoms with Crippen molar-refractivity contribution in [3.05, 3.63) is 0 Å². The zero-order chi connectivity index (χ0) is 10.6. The number of ether oxygens (including phenoxy) is 1. The molecule has 90 valence electrons. The maximum absolute atomic E-state index is 11.5. The van der Waals surface area contributed by atoms with Crippen LogP contribution in [0.4, 0.5) is 0 Å². The summed E-state index contributed by atoms with van der Waals surface area (Å²) in [5, 5.41) is 2.86. The van der Waals surface area contributed by atoms with E-state index in [4.69, 9.17) is 10.5 Å². The van der Waals surface area contributed by atoms with Crippen LogP contribution < -0.4 is 11.1 Å². The van der Waals surface area contributed by atoms with Gasteiger partial charge in [0.05, 0.1) is 12.6 Å². The van der Waals surface area contributed by atoms with Gasteiger partial charge >= 0.3 is 0 Å². The van der Waals surface area contributed by atoms with Crippen LogP contribution >= 0.6 is 12.4 Å². The molecule has 5 heteroatoms. The molecular weight excluding hydrogens is 216 g/mol. The van der Waals surface area contributed by atoms with E-state index in [1.807, 2.05) is 13.8 Å². The molecule has 1 aliphatic heterocycles. The monoisotopic (exact) mass is 236 g/mol. The van der Waals surface area contributed by atoms with Crippen molar-refractivity contribution in [1.82, 2.24) is 5.32 Å². The van der Waals surface area contributed by atoms with Crippen LogP contribution in [-0.2, 0) is 9.53 Å². The summed E-state index contributed by atoms with van der Waals surface area (Å²) in [6, 6.07) is -0.391. The Morgan fingerprint density at radius 3 is 2.73 bits per heavy atom. The highest BCUT2D eigenvalue weighted by molar-refractivity contribution is 5.85. The molecule has 0 aromatic carbocycles. The minimum absolute atomic E-state index is 0. The molecule has 1 aliphatic rings. The van der Waals surface area contributed by atoms with Crippen molar-refractivity contribution in [1.29, 1.82) is 0 Å². The third-order valence-electron chi connectivity index (χ3n) is 2.61. The minimum atomic E-state index is -0.391. The summed E-state index contributed by atoms with van der Waals surface area (Å²) in [6.45, 7) is 6.17. The third kappa shape index (κ3) is 4.82. The van der Waals surface area contributed by atoms with Gasteiger partial charge in [0.2, 0.25) is 5.91 Å². The van der Waals surface area contributed by atoms with Crippen molar-refractivity contribution in [3.63, 3.8) is 0 Å². The zero-order valence-electron chi connectivity index (χ0n) is 9.36. The van der Waals surface area contributed by atoms with Crippen molar-refractivity contribution in [2.45, 2.75) is 26.3 Å². The molecule has 0 saturated carbocycles. The quantitative estimate of drug-likeness (QED) is 0.749. The summed E-state index contributed by atoms with van der Waals surface area (Å²) < 4.78 is 5.21.